The van der Waals surface area contributed by atoms with Crippen molar-refractivity contribution in [3.8, 4) is 17.1 Å². The second-order valence-electron chi connectivity index (χ2n) is 7.07. The zero-order valence-electron chi connectivity index (χ0n) is 17.1. The van der Waals surface area contributed by atoms with Crippen molar-refractivity contribution in [1.82, 2.24) is 10.3 Å². The molecule has 0 aliphatic heterocycles. The lowest BCUT2D eigenvalue weighted by atomic mass is 10.1. The summed E-state index contributed by atoms with van der Waals surface area (Å²) in [5.41, 5.74) is 2.22. The van der Waals surface area contributed by atoms with Gasteiger partial charge in [0.15, 0.2) is 11.7 Å². The van der Waals surface area contributed by atoms with Crippen LogP contribution in [0.25, 0.3) is 11.3 Å². The minimum absolute atomic E-state index is 0.0198. The third-order valence-corrected chi connectivity index (χ3v) is 4.69. The Labute approximate surface area is 172 Å². The Morgan fingerprint density at radius 3 is 2.59 bits per heavy atom. The molecule has 0 saturated heterocycles. The zero-order chi connectivity index (χ0) is 20.5. The van der Waals surface area contributed by atoms with Crippen molar-refractivity contribution >= 4 is 5.91 Å². The van der Waals surface area contributed by atoms with E-state index in [2.05, 4.69) is 22.4 Å². The number of rotatable bonds is 10. The van der Waals surface area contributed by atoms with Crippen molar-refractivity contribution in [1.29, 1.82) is 0 Å². The fourth-order valence-corrected chi connectivity index (χ4v) is 3.11. The van der Waals surface area contributed by atoms with Gasteiger partial charge in [-0.25, -0.2) is 4.98 Å². The first kappa shape index (κ1) is 20.6. The number of carbonyl (C=O) groups is 1. The molecule has 1 heterocycles. The molecule has 1 atom stereocenters. The smallest absolute Gasteiger partial charge is 0.220 e. The number of oxazole rings is 1. The summed E-state index contributed by atoms with van der Waals surface area (Å²) in [7, 11) is 0. The first-order chi connectivity index (χ1) is 14.1. The highest BCUT2D eigenvalue weighted by Gasteiger charge is 2.11. The zero-order valence-corrected chi connectivity index (χ0v) is 17.1. The van der Waals surface area contributed by atoms with E-state index in [0.29, 0.717) is 31.1 Å². The fourth-order valence-electron chi connectivity index (χ4n) is 3.11. The van der Waals surface area contributed by atoms with Gasteiger partial charge in [-0.15, -0.1) is 0 Å². The first-order valence-corrected chi connectivity index (χ1v) is 10.1. The summed E-state index contributed by atoms with van der Waals surface area (Å²) in [6, 6.07) is 18.1. The van der Waals surface area contributed by atoms with Crippen molar-refractivity contribution in [2.75, 3.05) is 6.61 Å². The molecule has 5 nitrogen and oxygen atoms in total. The molecule has 0 aliphatic carbocycles. The molecule has 3 aromatic rings. The first-order valence-electron chi connectivity index (χ1n) is 10.1. The Morgan fingerprint density at radius 2 is 1.86 bits per heavy atom. The molecule has 1 N–H and O–H groups in total. The summed E-state index contributed by atoms with van der Waals surface area (Å²) in [4.78, 5) is 16.5. The molecule has 0 bridgehead atoms. The quantitative estimate of drug-likeness (QED) is 0.538. The predicted octanol–water partition coefficient (Wildman–Crippen LogP) is 4.81. The van der Waals surface area contributed by atoms with E-state index in [4.69, 9.17) is 9.15 Å². The number of nitrogens with one attached hydrogen (secondary N) is 1. The van der Waals surface area contributed by atoms with E-state index in [1.54, 1.807) is 6.20 Å². The van der Waals surface area contributed by atoms with E-state index in [0.717, 1.165) is 24.2 Å². The highest BCUT2D eigenvalue weighted by Crippen LogP contribution is 2.23. The lowest BCUT2D eigenvalue weighted by Gasteiger charge is -2.13. The molecule has 5 heteroatoms. The van der Waals surface area contributed by atoms with Crippen LogP contribution in [-0.4, -0.2) is 23.5 Å². The van der Waals surface area contributed by atoms with Gasteiger partial charge in [0, 0.05) is 24.4 Å². The van der Waals surface area contributed by atoms with Crippen LogP contribution in [0.5, 0.6) is 5.75 Å². The second kappa shape index (κ2) is 10.5. The molecular formula is C24H28N2O3. The van der Waals surface area contributed by atoms with Gasteiger partial charge < -0.3 is 14.5 Å². The summed E-state index contributed by atoms with van der Waals surface area (Å²) in [6.07, 6.45) is 4.41. The molecule has 152 valence electrons. The minimum atomic E-state index is 0.0198. The summed E-state index contributed by atoms with van der Waals surface area (Å²) in [5, 5.41) is 3.05. The van der Waals surface area contributed by atoms with Crippen LogP contribution in [0, 0.1) is 0 Å². The molecule has 3 rings (SSSR count). The molecule has 0 unspecified atom stereocenters. The number of amides is 1. The average Bonchev–Trinajstić information content (AvgIpc) is 3.21. The van der Waals surface area contributed by atoms with Crippen molar-refractivity contribution in [2.24, 2.45) is 0 Å². The molecule has 1 amide bonds. The van der Waals surface area contributed by atoms with Crippen molar-refractivity contribution in [3.05, 3.63) is 72.2 Å². The lowest BCUT2D eigenvalue weighted by Crippen LogP contribution is -2.33. The van der Waals surface area contributed by atoms with Crippen LogP contribution in [-0.2, 0) is 17.6 Å². The van der Waals surface area contributed by atoms with Crippen LogP contribution in [0.1, 0.15) is 38.1 Å². The predicted molar refractivity (Wildman–Crippen MR) is 114 cm³/mol. The summed E-state index contributed by atoms with van der Waals surface area (Å²) in [5.74, 6) is 2.11. The van der Waals surface area contributed by atoms with Gasteiger partial charge in [0.2, 0.25) is 5.91 Å². The number of benzene rings is 2. The molecule has 0 radical (unpaired) electrons. The number of hydrogen-bond acceptors (Lipinski definition) is 4. The highest BCUT2D eigenvalue weighted by atomic mass is 16.5. The molecule has 0 saturated carbocycles. The van der Waals surface area contributed by atoms with E-state index in [1.807, 2.05) is 56.3 Å². The average molecular weight is 392 g/mol. The number of carbonyl (C=O) groups excluding carboxylic acids is 1. The van der Waals surface area contributed by atoms with Crippen molar-refractivity contribution in [3.63, 3.8) is 0 Å². The van der Waals surface area contributed by atoms with Gasteiger partial charge in [0.05, 0.1) is 12.8 Å². The van der Waals surface area contributed by atoms with Gasteiger partial charge in [-0.05, 0) is 56.5 Å². The van der Waals surface area contributed by atoms with Crippen LogP contribution in [0.4, 0.5) is 0 Å². The Kier molecular flexibility index (Phi) is 7.45. The van der Waals surface area contributed by atoms with E-state index < -0.39 is 0 Å². The Hall–Kier alpha value is -3.08. The van der Waals surface area contributed by atoms with E-state index >= 15 is 0 Å². The maximum Gasteiger partial charge on any atom is 0.220 e. The third-order valence-electron chi connectivity index (χ3n) is 4.69. The molecule has 2 aromatic carbocycles. The SMILES string of the molecule is CCOc1ccc(-c2cnc(CCC(=O)N[C@@H](C)CCc3ccccc3)o2)cc1. The molecule has 1 aromatic heterocycles. The topological polar surface area (TPSA) is 64.4 Å². The largest absolute Gasteiger partial charge is 0.494 e. The maximum absolute atomic E-state index is 12.2. The number of hydrogen-bond donors (Lipinski definition) is 1. The summed E-state index contributed by atoms with van der Waals surface area (Å²) < 4.78 is 11.2. The summed E-state index contributed by atoms with van der Waals surface area (Å²) >= 11 is 0. The van der Waals surface area contributed by atoms with E-state index in [1.165, 1.54) is 5.56 Å². The number of aromatic nitrogens is 1. The highest BCUT2D eigenvalue weighted by molar-refractivity contribution is 5.76. The number of ether oxygens (including phenoxy) is 1. The third kappa shape index (κ3) is 6.49. The van der Waals surface area contributed by atoms with E-state index in [9.17, 15) is 4.79 Å². The van der Waals surface area contributed by atoms with Crippen molar-refractivity contribution in [2.45, 2.75) is 45.6 Å². The molecule has 29 heavy (non-hydrogen) atoms. The van der Waals surface area contributed by atoms with Crippen LogP contribution in [0.15, 0.2) is 65.2 Å². The van der Waals surface area contributed by atoms with Crippen LogP contribution in [0.2, 0.25) is 0 Å². The molecular weight excluding hydrogens is 364 g/mol. The summed E-state index contributed by atoms with van der Waals surface area (Å²) in [6.45, 7) is 4.63. The van der Waals surface area contributed by atoms with Crippen LogP contribution in [0.3, 0.4) is 0 Å². The Bertz CT molecular complexity index is 888. The molecule has 0 spiro atoms. The normalized spacial score (nSPS) is 11.8. The number of aryl methyl sites for hydroxylation is 2. The number of nitrogens with zero attached hydrogens (tertiary/aromatic N) is 1. The molecule has 0 fully saturated rings. The Morgan fingerprint density at radius 1 is 1.10 bits per heavy atom. The fraction of sp³-hybridized carbons (Fsp3) is 0.333. The van der Waals surface area contributed by atoms with Gasteiger partial charge in [-0.1, -0.05) is 30.3 Å². The van der Waals surface area contributed by atoms with Gasteiger partial charge in [-0.3, -0.25) is 4.79 Å². The second-order valence-corrected chi connectivity index (χ2v) is 7.07. The molecule has 0 aliphatic rings. The van der Waals surface area contributed by atoms with Crippen LogP contribution >= 0.6 is 0 Å². The van der Waals surface area contributed by atoms with Gasteiger partial charge >= 0.3 is 0 Å². The lowest BCUT2D eigenvalue weighted by molar-refractivity contribution is -0.121. The van der Waals surface area contributed by atoms with Gasteiger partial charge in [0.25, 0.3) is 0 Å². The monoisotopic (exact) mass is 392 g/mol. The van der Waals surface area contributed by atoms with Gasteiger partial charge in [0.1, 0.15) is 5.75 Å². The maximum atomic E-state index is 12.2. The van der Waals surface area contributed by atoms with E-state index in [-0.39, 0.29) is 11.9 Å². The minimum Gasteiger partial charge on any atom is -0.494 e. The Balaban J connectivity index is 1.43. The van der Waals surface area contributed by atoms with Crippen LogP contribution < -0.4 is 10.1 Å². The van der Waals surface area contributed by atoms with Crippen molar-refractivity contribution < 1.29 is 13.9 Å². The standard InChI is InChI=1S/C24H28N2O3/c1-3-28-21-13-11-20(12-14-21)22-17-25-24(29-22)16-15-23(27)26-18(2)9-10-19-7-5-4-6-8-19/h4-8,11-14,17-18H,3,9-10,15-16H2,1-2H3,(H,26,27)/t18-/m0/s1. The van der Waals surface area contributed by atoms with Gasteiger partial charge in [-0.2, -0.15) is 0 Å².